The van der Waals surface area contributed by atoms with Crippen LogP contribution in [0.5, 0.6) is 5.75 Å². The SMILES string of the molecule is CC(C)c1ccccc1O[C@H](C)C(=O)NCCCc1ccc(Cl)cc1. The van der Waals surface area contributed by atoms with Crippen molar-refractivity contribution in [3.8, 4) is 5.75 Å². The number of benzene rings is 2. The largest absolute Gasteiger partial charge is 0.481 e. The van der Waals surface area contributed by atoms with E-state index in [4.69, 9.17) is 16.3 Å². The first-order chi connectivity index (χ1) is 12.0. The Bertz CT molecular complexity index is 683. The summed E-state index contributed by atoms with van der Waals surface area (Å²) in [5, 5.41) is 3.68. The van der Waals surface area contributed by atoms with Crippen LogP contribution in [-0.2, 0) is 11.2 Å². The molecule has 1 N–H and O–H groups in total. The van der Waals surface area contributed by atoms with Gasteiger partial charge in [-0.05, 0) is 55.0 Å². The minimum absolute atomic E-state index is 0.0883. The van der Waals surface area contributed by atoms with E-state index in [1.807, 2.05) is 48.5 Å². The number of hydrogen-bond donors (Lipinski definition) is 1. The predicted molar refractivity (Wildman–Crippen MR) is 103 cm³/mol. The highest BCUT2D eigenvalue weighted by molar-refractivity contribution is 6.30. The normalized spacial score (nSPS) is 12.0. The molecule has 0 spiro atoms. The molecule has 4 heteroatoms. The first kappa shape index (κ1) is 19.3. The molecule has 0 saturated heterocycles. The molecule has 1 amide bonds. The molecule has 134 valence electrons. The van der Waals surface area contributed by atoms with Gasteiger partial charge in [0, 0.05) is 11.6 Å². The van der Waals surface area contributed by atoms with Crippen molar-refractivity contribution in [2.75, 3.05) is 6.54 Å². The summed E-state index contributed by atoms with van der Waals surface area (Å²) < 4.78 is 5.87. The lowest BCUT2D eigenvalue weighted by Gasteiger charge is -2.18. The van der Waals surface area contributed by atoms with Crippen LogP contribution >= 0.6 is 11.6 Å². The van der Waals surface area contributed by atoms with E-state index in [1.54, 1.807) is 6.92 Å². The van der Waals surface area contributed by atoms with Gasteiger partial charge in [-0.3, -0.25) is 4.79 Å². The van der Waals surface area contributed by atoms with Gasteiger partial charge in [-0.15, -0.1) is 0 Å². The molecule has 2 aromatic rings. The van der Waals surface area contributed by atoms with Crippen LogP contribution in [0.15, 0.2) is 48.5 Å². The molecule has 1 atom stereocenters. The second-order valence-electron chi connectivity index (χ2n) is 6.47. The van der Waals surface area contributed by atoms with E-state index in [1.165, 1.54) is 5.56 Å². The standard InChI is InChI=1S/C21H26ClNO2/c1-15(2)19-8-4-5-9-20(19)25-16(3)21(24)23-14-6-7-17-10-12-18(22)13-11-17/h4-5,8-13,15-16H,6-7,14H2,1-3H3,(H,23,24)/t16-/m1/s1. The number of aryl methyl sites for hydroxylation is 1. The number of rotatable bonds is 8. The third-order valence-corrected chi connectivity index (χ3v) is 4.32. The zero-order valence-corrected chi connectivity index (χ0v) is 15.8. The maximum absolute atomic E-state index is 12.2. The van der Waals surface area contributed by atoms with E-state index in [9.17, 15) is 4.79 Å². The Morgan fingerprint density at radius 2 is 1.76 bits per heavy atom. The minimum Gasteiger partial charge on any atom is -0.481 e. The second kappa shape index (κ2) is 9.47. The summed E-state index contributed by atoms with van der Waals surface area (Å²) in [6.45, 7) is 6.64. The summed E-state index contributed by atoms with van der Waals surface area (Å²) in [6, 6.07) is 15.7. The summed E-state index contributed by atoms with van der Waals surface area (Å²) in [6.07, 6.45) is 1.27. The summed E-state index contributed by atoms with van der Waals surface area (Å²) >= 11 is 5.88. The Hall–Kier alpha value is -2.00. The molecule has 0 radical (unpaired) electrons. The van der Waals surface area contributed by atoms with E-state index in [0.29, 0.717) is 12.5 Å². The topological polar surface area (TPSA) is 38.3 Å². The molecule has 25 heavy (non-hydrogen) atoms. The fourth-order valence-corrected chi connectivity index (χ4v) is 2.73. The van der Waals surface area contributed by atoms with Crippen molar-refractivity contribution in [2.24, 2.45) is 0 Å². The van der Waals surface area contributed by atoms with Gasteiger partial charge in [0.1, 0.15) is 5.75 Å². The Kier molecular flexibility index (Phi) is 7.32. The van der Waals surface area contributed by atoms with Crippen molar-refractivity contribution >= 4 is 17.5 Å². The maximum atomic E-state index is 12.2. The van der Waals surface area contributed by atoms with Gasteiger partial charge >= 0.3 is 0 Å². The van der Waals surface area contributed by atoms with Gasteiger partial charge in [-0.1, -0.05) is 55.8 Å². The lowest BCUT2D eigenvalue weighted by atomic mass is 10.0. The van der Waals surface area contributed by atoms with Crippen molar-refractivity contribution in [3.05, 3.63) is 64.7 Å². The molecule has 0 saturated carbocycles. The van der Waals surface area contributed by atoms with Crippen molar-refractivity contribution in [1.82, 2.24) is 5.32 Å². The molecule has 0 heterocycles. The van der Waals surface area contributed by atoms with E-state index in [2.05, 4.69) is 19.2 Å². The second-order valence-corrected chi connectivity index (χ2v) is 6.91. The molecule has 0 aromatic heterocycles. The van der Waals surface area contributed by atoms with Crippen molar-refractivity contribution < 1.29 is 9.53 Å². The molecule has 0 aliphatic carbocycles. The summed E-state index contributed by atoms with van der Waals surface area (Å²) in [4.78, 5) is 12.2. The molecular formula is C21H26ClNO2. The van der Waals surface area contributed by atoms with Crippen LogP contribution in [0, 0.1) is 0 Å². The Morgan fingerprint density at radius 3 is 2.44 bits per heavy atom. The number of carbonyl (C=O) groups excluding carboxylic acids is 1. The van der Waals surface area contributed by atoms with Crippen LogP contribution in [0.4, 0.5) is 0 Å². The smallest absolute Gasteiger partial charge is 0.260 e. The van der Waals surface area contributed by atoms with E-state index < -0.39 is 6.10 Å². The maximum Gasteiger partial charge on any atom is 0.260 e. The number of carbonyl (C=O) groups is 1. The number of hydrogen-bond acceptors (Lipinski definition) is 2. The molecule has 0 aliphatic rings. The van der Waals surface area contributed by atoms with Gasteiger partial charge in [-0.2, -0.15) is 0 Å². The number of ether oxygens (including phenoxy) is 1. The van der Waals surface area contributed by atoms with Gasteiger partial charge in [-0.25, -0.2) is 0 Å². The number of nitrogens with one attached hydrogen (secondary N) is 1. The quantitative estimate of drug-likeness (QED) is 0.675. The van der Waals surface area contributed by atoms with Gasteiger partial charge in [0.15, 0.2) is 6.10 Å². The first-order valence-electron chi connectivity index (χ1n) is 8.75. The third-order valence-electron chi connectivity index (χ3n) is 4.07. The monoisotopic (exact) mass is 359 g/mol. The fraction of sp³-hybridized carbons (Fsp3) is 0.381. The van der Waals surface area contributed by atoms with Crippen LogP contribution in [0.1, 0.15) is 44.2 Å². The summed E-state index contributed by atoms with van der Waals surface area (Å²) in [5.41, 5.74) is 2.33. The Labute approximate surface area is 155 Å². The first-order valence-corrected chi connectivity index (χ1v) is 9.13. The minimum atomic E-state index is -0.518. The molecular weight excluding hydrogens is 334 g/mol. The molecule has 3 nitrogen and oxygen atoms in total. The molecule has 0 aliphatic heterocycles. The molecule has 2 aromatic carbocycles. The lowest BCUT2D eigenvalue weighted by molar-refractivity contribution is -0.127. The van der Waals surface area contributed by atoms with Crippen molar-refractivity contribution in [1.29, 1.82) is 0 Å². The van der Waals surface area contributed by atoms with Gasteiger partial charge in [0.25, 0.3) is 5.91 Å². The molecule has 0 unspecified atom stereocenters. The van der Waals surface area contributed by atoms with Crippen LogP contribution in [0.2, 0.25) is 5.02 Å². The molecule has 2 rings (SSSR count). The predicted octanol–water partition coefficient (Wildman–Crippen LogP) is 4.98. The number of amides is 1. The highest BCUT2D eigenvalue weighted by Gasteiger charge is 2.16. The van der Waals surface area contributed by atoms with Crippen molar-refractivity contribution in [2.45, 2.75) is 45.6 Å². The van der Waals surface area contributed by atoms with Gasteiger partial charge < -0.3 is 10.1 Å². The molecule has 0 bridgehead atoms. The Morgan fingerprint density at radius 1 is 1.08 bits per heavy atom. The molecule has 0 fully saturated rings. The third kappa shape index (κ3) is 6.09. The van der Waals surface area contributed by atoms with Crippen molar-refractivity contribution in [3.63, 3.8) is 0 Å². The van der Waals surface area contributed by atoms with Crippen LogP contribution in [-0.4, -0.2) is 18.6 Å². The summed E-state index contributed by atoms with van der Waals surface area (Å²) in [5.74, 6) is 1.04. The fourth-order valence-electron chi connectivity index (χ4n) is 2.61. The summed E-state index contributed by atoms with van der Waals surface area (Å²) in [7, 11) is 0. The van der Waals surface area contributed by atoms with E-state index in [0.717, 1.165) is 29.2 Å². The number of para-hydroxylation sites is 1. The van der Waals surface area contributed by atoms with E-state index >= 15 is 0 Å². The lowest BCUT2D eigenvalue weighted by Crippen LogP contribution is -2.37. The average Bonchev–Trinajstić information content (AvgIpc) is 2.60. The highest BCUT2D eigenvalue weighted by atomic mass is 35.5. The van der Waals surface area contributed by atoms with Crippen LogP contribution in [0.25, 0.3) is 0 Å². The zero-order chi connectivity index (χ0) is 18.2. The van der Waals surface area contributed by atoms with Gasteiger partial charge in [0.2, 0.25) is 0 Å². The van der Waals surface area contributed by atoms with E-state index in [-0.39, 0.29) is 5.91 Å². The average molecular weight is 360 g/mol. The highest BCUT2D eigenvalue weighted by Crippen LogP contribution is 2.26. The Balaban J connectivity index is 1.78. The van der Waals surface area contributed by atoms with Crippen LogP contribution < -0.4 is 10.1 Å². The zero-order valence-electron chi connectivity index (χ0n) is 15.1. The van der Waals surface area contributed by atoms with Gasteiger partial charge in [0.05, 0.1) is 0 Å². The van der Waals surface area contributed by atoms with Crippen LogP contribution in [0.3, 0.4) is 0 Å². The number of halogens is 1.